The van der Waals surface area contributed by atoms with Gasteiger partial charge >= 0.3 is 0 Å². The quantitative estimate of drug-likeness (QED) is 0.745. The highest BCUT2D eigenvalue weighted by Crippen LogP contribution is 2.29. The second-order valence-corrected chi connectivity index (χ2v) is 5.81. The second kappa shape index (κ2) is 4.96. The van der Waals surface area contributed by atoms with E-state index >= 15 is 0 Å². The molecule has 0 fully saturated rings. The predicted octanol–water partition coefficient (Wildman–Crippen LogP) is 1.90. The van der Waals surface area contributed by atoms with Crippen molar-refractivity contribution in [3.63, 3.8) is 0 Å². The zero-order valence-electron chi connectivity index (χ0n) is 12.2. The number of nitrogens with one attached hydrogen (secondary N) is 1. The predicted molar refractivity (Wildman–Crippen MR) is 86.4 cm³/mol. The number of nitriles is 1. The number of aromatic amines is 1. The summed E-state index contributed by atoms with van der Waals surface area (Å²) in [5.74, 6) is 0. The van der Waals surface area contributed by atoms with Gasteiger partial charge in [-0.1, -0.05) is 24.3 Å². The molecule has 5 heteroatoms. The monoisotopic (exact) mass is 303 g/mol. The minimum atomic E-state index is -0.467. The van der Waals surface area contributed by atoms with Crippen molar-refractivity contribution in [3.8, 4) is 6.07 Å². The van der Waals surface area contributed by atoms with Crippen molar-refractivity contribution >= 4 is 10.9 Å². The molecule has 0 unspecified atom stereocenters. The summed E-state index contributed by atoms with van der Waals surface area (Å²) in [6.07, 6.45) is 3.36. The van der Waals surface area contributed by atoms with E-state index in [1.54, 1.807) is 16.8 Å². The fourth-order valence-corrected chi connectivity index (χ4v) is 3.32. The number of nitrogens with zero attached hydrogens (tertiary/aromatic N) is 2. The van der Waals surface area contributed by atoms with E-state index in [-0.39, 0.29) is 17.2 Å². The van der Waals surface area contributed by atoms with Crippen molar-refractivity contribution in [2.24, 2.45) is 0 Å². The van der Waals surface area contributed by atoms with Crippen molar-refractivity contribution in [1.82, 2.24) is 9.55 Å². The summed E-state index contributed by atoms with van der Waals surface area (Å²) in [7, 11) is 0. The average molecular weight is 303 g/mol. The third kappa shape index (κ3) is 2.08. The Bertz CT molecular complexity index is 1060. The molecule has 3 aromatic rings. The molecule has 0 aliphatic heterocycles. The Morgan fingerprint density at radius 1 is 1.13 bits per heavy atom. The lowest BCUT2D eigenvalue weighted by atomic mass is 10.1. The van der Waals surface area contributed by atoms with Gasteiger partial charge in [-0.15, -0.1) is 0 Å². The molecule has 2 heterocycles. The van der Waals surface area contributed by atoms with Crippen LogP contribution in [0.25, 0.3) is 10.9 Å². The highest BCUT2D eigenvalue weighted by Gasteiger charge is 2.23. The van der Waals surface area contributed by atoms with Gasteiger partial charge < -0.3 is 9.55 Å². The lowest BCUT2D eigenvalue weighted by molar-refractivity contribution is 0.515. The number of pyridine rings is 2. The zero-order chi connectivity index (χ0) is 16.0. The van der Waals surface area contributed by atoms with E-state index in [4.69, 9.17) is 5.26 Å². The molecule has 0 amide bonds. The van der Waals surface area contributed by atoms with Crippen molar-refractivity contribution in [2.75, 3.05) is 0 Å². The summed E-state index contributed by atoms with van der Waals surface area (Å²) >= 11 is 0. The van der Waals surface area contributed by atoms with Gasteiger partial charge in [-0.2, -0.15) is 5.26 Å². The van der Waals surface area contributed by atoms with Gasteiger partial charge in [0, 0.05) is 12.2 Å². The highest BCUT2D eigenvalue weighted by atomic mass is 16.1. The van der Waals surface area contributed by atoms with Crippen molar-refractivity contribution in [2.45, 2.75) is 18.9 Å². The Kier molecular flexibility index (Phi) is 2.91. The Labute approximate surface area is 131 Å². The van der Waals surface area contributed by atoms with Gasteiger partial charge in [0.1, 0.15) is 11.6 Å². The Morgan fingerprint density at radius 3 is 2.48 bits per heavy atom. The van der Waals surface area contributed by atoms with Gasteiger partial charge in [0.05, 0.1) is 10.9 Å². The minimum absolute atomic E-state index is 0.0398. The summed E-state index contributed by atoms with van der Waals surface area (Å²) in [5.41, 5.74) is 2.32. The topological polar surface area (TPSA) is 78.7 Å². The number of hydrogen-bond acceptors (Lipinski definition) is 3. The van der Waals surface area contributed by atoms with Crippen LogP contribution >= 0.6 is 0 Å². The molecule has 1 aliphatic carbocycles. The molecule has 1 N–H and O–H groups in total. The number of aromatic nitrogens is 2. The van der Waals surface area contributed by atoms with E-state index in [2.05, 4.69) is 17.1 Å². The van der Waals surface area contributed by atoms with E-state index in [9.17, 15) is 9.59 Å². The fraction of sp³-hybridized carbons (Fsp3) is 0.167. The van der Waals surface area contributed by atoms with E-state index in [0.717, 1.165) is 12.8 Å². The van der Waals surface area contributed by atoms with Gasteiger partial charge in [-0.05, 0) is 36.1 Å². The van der Waals surface area contributed by atoms with E-state index in [1.165, 1.54) is 17.2 Å². The van der Waals surface area contributed by atoms with Gasteiger partial charge in [0.25, 0.3) is 11.1 Å². The Hall–Kier alpha value is -3.13. The van der Waals surface area contributed by atoms with Crippen LogP contribution in [0.5, 0.6) is 0 Å². The van der Waals surface area contributed by atoms with Crippen LogP contribution in [0.1, 0.15) is 22.7 Å². The molecule has 2 aromatic heterocycles. The first-order valence-corrected chi connectivity index (χ1v) is 7.42. The number of benzene rings is 1. The summed E-state index contributed by atoms with van der Waals surface area (Å²) in [6, 6.07) is 13.2. The molecule has 23 heavy (non-hydrogen) atoms. The van der Waals surface area contributed by atoms with Crippen LogP contribution in [0, 0.1) is 11.3 Å². The summed E-state index contributed by atoms with van der Waals surface area (Å²) < 4.78 is 1.71. The summed E-state index contributed by atoms with van der Waals surface area (Å²) in [5, 5.41) is 9.36. The Balaban J connectivity index is 1.86. The molecular formula is C18H13N3O2. The second-order valence-electron chi connectivity index (χ2n) is 5.81. The van der Waals surface area contributed by atoms with Crippen molar-refractivity contribution in [1.29, 1.82) is 5.26 Å². The molecular weight excluding hydrogens is 290 g/mol. The van der Waals surface area contributed by atoms with Gasteiger partial charge in [0.2, 0.25) is 0 Å². The first-order valence-electron chi connectivity index (χ1n) is 7.42. The number of fused-ring (bicyclic) bond motifs is 2. The normalized spacial score (nSPS) is 13.9. The van der Waals surface area contributed by atoms with Crippen LogP contribution in [0.3, 0.4) is 0 Å². The smallest absolute Gasteiger partial charge is 0.266 e. The van der Waals surface area contributed by atoms with E-state index < -0.39 is 5.56 Å². The fourth-order valence-electron chi connectivity index (χ4n) is 3.32. The lowest BCUT2D eigenvalue weighted by Gasteiger charge is -2.14. The first-order chi connectivity index (χ1) is 11.2. The van der Waals surface area contributed by atoms with Crippen LogP contribution < -0.4 is 11.1 Å². The third-order valence-electron chi connectivity index (χ3n) is 4.48. The maximum Gasteiger partial charge on any atom is 0.266 e. The largest absolute Gasteiger partial charge is 0.321 e. The maximum atomic E-state index is 12.8. The molecule has 0 bridgehead atoms. The molecule has 1 aromatic carbocycles. The standard InChI is InChI=1S/C18H13N3O2/c19-10-13-9-15-16(20-17(13)22)5-6-21(18(15)23)14-7-11-3-1-2-4-12(11)8-14/h1-6,9,14H,7-8H2,(H,20,22). The van der Waals surface area contributed by atoms with Crippen molar-refractivity contribution in [3.05, 3.63) is 80.0 Å². The SMILES string of the molecule is N#Cc1cc2c(=O)n(C3Cc4ccccc4C3)ccc2[nH]c1=O. The molecule has 5 nitrogen and oxygen atoms in total. The van der Waals surface area contributed by atoms with Crippen LogP contribution in [0.15, 0.2) is 52.2 Å². The number of hydrogen-bond donors (Lipinski definition) is 1. The summed E-state index contributed by atoms with van der Waals surface area (Å²) in [6.45, 7) is 0. The molecule has 112 valence electrons. The molecule has 0 saturated carbocycles. The number of rotatable bonds is 1. The molecule has 0 saturated heterocycles. The zero-order valence-corrected chi connectivity index (χ0v) is 12.2. The molecule has 1 aliphatic rings. The lowest BCUT2D eigenvalue weighted by Crippen LogP contribution is -2.26. The Morgan fingerprint density at radius 2 is 1.83 bits per heavy atom. The highest BCUT2D eigenvalue weighted by molar-refractivity contribution is 5.78. The maximum absolute atomic E-state index is 12.8. The molecule has 0 spiro atoms. The van der Waals surface area contributed by atoms with Gasteiger partial charge in [-0.3, -0.25) is 9.59 Å². The van der Waals surface area contributed by atoms with E-state index in [0.29, 0.717) is 10.9 Å². The van der Waals surface area contributed by atoms with Crippen LogP contribution in [0.4, 0.5) is 0 Å². The van der Waals surface area contributed by atoms with Crippen LogP contribution in [-0.4, -0.2) is 9.55 Å². The minimum Gasteiger partial charge on any atom is -0.321 e. The molecule has 0 atom stereocenters. The molecule has 0 radical (unpaired) electrons. The van der Waals surface area contributed by atoms with Crippen molar-refractivity contribution < 1.29 is 0 Å². The third-order valence-corrected chi connectivity index (χ3v) is 4.48. The van der Waals surface area contributed by atoms with E-state index in [1.807, 2.05) is 18.2 Å². The van der Waals surface area contributed by atoms with Gasteiger partial charge in [0.15, 0.2) is 0 Å². The molecule has 4 rings (SSSR count). The number of H-pyrrole nitrogens is 1. The van der Waals surface area contributed by atoms with Crippen LogP contribution in [0.2, 0.25) is 0 Å². The average Bonchev–Trinajstić information content (AvgIpc) is 2.98. The first kappa shape index (κ1) is 13.5. The van der Waals surface area contributed by atoms with Crippen LogP contribution in [-0.2, 0) is 12.8 Å². The van der Waals surface area contributed by atoms with Gasteiger partial charge in [-0.25, -0.2) is 0 Å². The summed E-state index contributed by atoms with van der Waals surface area (Å²) in [4.78, 5) is 27.0.